The molecule has 3 aromatic rings. The van der Waals surface area contributed by atoms with Crippen molar-refractivity contribution < 1.29 is 23.2 Å². The third-order valence-corrected chi connectivity index (χ3v) is 5.00. The first kappa shape index (κ1) is 19.8. The van der Waals surface area contributed by atoms with E-state index in [2.05, 4.69) is 10.5 Å². The Morgan fingerprint density at radius 1 is 1.18 bits per heavy atom. The summed E-state index contributed by atoms with van der Waals surface area (Å²) in [4.78, 5) is 13.5. The number of nitrogens with one attached hydrogen (secondary N) is 1. The number of aryl methyl sites for hydroxylation is 1. The summed E-state index contributed by atoms with van der Waals surface area (Å²) in [6.45, 7) is 1.84. The molecule has 0 radical (unpaired) electrons. The second-order valence-electron chi connectivity index (χ2n) is 5.86. The summed E-state index contributed by atoms with van der Waals surface area (Å²) in [7, 11) is 2.86. The van der Waals surface area contributed by atoms with Gasteiger partial charge in [-0.25, -0.2) is 4.39 Å². The molecule has 28 heavy (non-hydrogen) atoms. The minimum absolute atomic E-state index is 0.00770. The Morgan fingerprint density at radius 3 is 2.57 bits per heavy atom. The van der Waals surface area contributed by atoms with Crippen LogP contribution < -0.4 is 14.8 Å². The van der Waals surface area contributed by atoms with Crippen LogP contribution in [0, 0.1) is 12.7 Å². The van der Waals surface area contributed by atoms with Gasteiger partial charge >= 0.3 is 0 Å². The summed E-state index contributed by atoms with van der Waals surface area (Å²) in [5.41, 5.74) is 1.23. The number of carbonyl (C=O) groups is 1. The maximum Gasteiger partial charge on any atom is 0.256 e. The standard InChI is InChI=1S/C20H19FN2O4S/c1-12-8-13(27-23-12)11-28-19-7-5-4-6-14(19)20(24)22-16-10-18(26-3)17(25-2)9-15(16)21/h4-10H,11H2,1-3H3,(H,22,24). The van der Waals surface area contributed by atoms with Crippen molar-refractivity contribution in [2.75, 3.05) is 19.5 Å². The van der Waals surface area contributed by atoms with Crippen molar-refractivity contribution in [3.8, 4) is 11.5 Å². The topological polar surface area (TPSA) is 73.6 Å². The van der Waals surface area contributed by atoms with Gasteiger partial charge in [-0.05, 0) is 19.1 Å². The number of thioether (sulfide) groups is 1. The van der Waals surface area contributed by atoms with Crippen LogP contribution in [0.4, 0.5) is 10.1 Å². The summed E-state index contributed by atoms with van der Waals surface area (Å²) in [6.07, 6.45) is 0. The van der Waals surface area contributed by atoms with Gasteiger partial charge in [0.2, 0.25) is 0 Å². The van der Waals surface area contributed by atoms with E-state index in [1.807, 2.05) is 25.1 Å². The van der Waals surface area contributed by atoms with Crippen LogP contribution in [0.3, 0.4) is 0 Å². The molecule has 0 aliphatic carbocycles. The fraction of sp³-hybridized carbons (Fsp3) is 0.200. The third-order valence-electron chi connectivity index (χ3n) is 3.90. The molecule has 1 amide bonds. The van der Waals surface area contributed by atoms with Crippen LogP contribution >= 0.6 is 11.8 Å². The lowest BCUT2D eigenvalue weighted by atomic mass is 10.2. The quantitative estimate of drug-likeness (QED) is 0.578. The van der Waals surface area contributed by atoms with Crippen LogP contribution in [0.1, 0.15) is 21.8 Å². The monoisotopic (exact) mass is 402 g/mol. The van der Waals surface area contributed by atoms with E-state index in [1.165, 1.54) is 38.1 Å². The molecule has 1 aromatic heterocycles. The van der Waals surface area contributed by atoms with E-state index in [4.69, 9.17) is 14.0 Å². The van der Waals surface area contributed by atoms with Crippen LogP contribution in [0.25, 0.3) is 0 Å². The molecule has 3 rings (SSSR count). The molecular formula is C20H19FN2O4S. The zero-order valence-corrected chi connectivity index (χ0v) is 16.4. The van der Waals surface area contributed by atoms with Crippen molar-refractivity contribution in [3.63, 3.8) is 0 Å². The Hall–Kier alpha value is -3.00. The Bertz CT molecular complexity index is 990. The Morgan fingerprint density at radius 2 is 1.89 bits per heavy atom. The van der Waals surface area contributed by atoms with Crippen LogP contribution in [0.15, 0.2) is 51.9 Å². The molecule has 146 valence electrons. The van der Waals surface area contributed by atoms with Crippen molar-refractivity contribution in [1.29, 1.82) is 0 Å². The molecule has 0 unspecified atom stereocenters. The number of hydrogen-bond donors (Lipinski definition) is 1. The fourth-order valence-electron chi connectivity index (χ4n) is 2.55. The number of benzene rings is 2. The van der Waals surface area contributed by atoms with Gasteiger partial charge in [0.25, 0.3) is 5.91 Å². The second kappa shape index (κ2) is 8.79. The van der Waals surface area contributed by atoms with Gasteiger partial charge < -0.3 is 19.3 Å². The van der Waals surface area contributed by atoms with Gasteiger partial charge in [0.05, 0.1) is 36.9 Å². The van der Waals surface area contributed by atoms with Crippen molar-refractivity contribution in [1.82, 2.24) is 5.16 Å². The number of nitrogens with zero attached hydrogens (tertiary/aromatic N) is 1. The molecule has 0 saturated carbocycles. The van der Waals surface area contributed by atoms with Gasteiger partial charge in [0, 0.05) is 23.1 Å². The van der Waals surface area contributed by atoms with Crippen molar-refractivity contribution in [2.45, 2.75) is 17.6 Å². The number of ether oxygens (including phenoxy) is 2. The highest BCUT2D eigenvalue weighted by Crippen LogP contribution is 2.33. The SMILES string of the molecule is COc1cc(F)c(NC(=O)c2ccccc2SCc2cc(C)no2)cc1OC. The highest BCUT2D eigenvalue weighted by molar-refractivity contribution is 7.98. The number of aromatic nitrogens is 1. The largest absolute Gasteiger partial charge is 0.493 e. The number of hydrogen-bond acceptors (Lipinski definition) is 6. The molecule has 8 heteroatoms. The Labute approximate surface area is 166 Å². The first-order valence-electron chi connectivity index (χ1n) is 8.38. The highest BCUT2D eigenvalue weighted by atomic mass is 32.2. The first-order valence-corrected chi connectivity index (χ1v) is 9.37. The van der Waals surface area contributed by atoms with Crippen molar-refractivity contribution in [3.05, 3.63) is 65.3 Å². The molecule has 0 saturated heterocycles. The van der Waals surface area contributed by atoms with Gasteiger partial charge in [0.1, 0.15) is 5.76 Å². The predicted octanol–water partition coefficient (Wildman–Crippen LogP) is 4.68. The minimum Gasteiger partial charge on any atom is -0.493 e. The van der Waals surface area contributed by atoms with Gasteiger partial charge in [-0.2, -0.15) is 0 Å². The average Bonchev–Trinajstić information content (AvgIpc) is 3.12. The van der Waals surface area contributed by atoms with Crippen molar-refractivity contribution in [2.24, 2.45) is 0 Å². The molecule has 0 aliphatic rings. The number of rotatable bonds is 7. The molecule has 1 heterocycles. The minimum atomic E-state index is -0.617. The number of carbonyl (C=O) groups excluding carboxylic acids is 1. The molecule has 2 aromatic carbocycles. The fourth-order valence-corrected chi connectivity index (χ4v) is 3.48. The molecule has 0 spiro atoms. The number of anilines is 1. The molecule has 0 fully saturated rings. The van der Waals surface area contributed by atoms with Crippen LogP contribution in [-0.2, 0) is 5.75 Å². The Kier molecular flexibility index (Phi) is 6.20. The molecule has 1 N–H and O–H groups in total. The summed E-state index contributed by atoms with van der Waals surface area (Å²) in [5, 5.41) is 6.45. The number of amides is 1. The lowest BCUT2D eigenvalue weighted by molar-refractivity contribution is 0.102. The van der Waals surface area contributed by atoms with E-state index in [0.29, 0.717) is 22.8 Å². The predicted molar refractivity (Wildman–Crippen MR) is 105 cm³/mol. The van der Waals surface area contributed by atoms with Gasteiger partial charge in [-0.15, -0.1) is 11.8 Å². The normalized spacial score (nSPS) is 10.6. The average molecular weight is 402 g/mol. The summed E-state index contributed by atoms with van der Waals surface area (Å²) >= 11 is 1.44. The summed E-state index contributed by atoms with van der Waals surface area (Å²) in [6, 6.07) is 11.5. The van der Waals surface area contributed by atoms with E-state index in [9.17, 15) is 9.18 Å². The molecule has 0 bridgehead atoms. The van der Waals surface area contributed by atoms with E-state index in [-0.39, 0.29) is 11.4 Å². The zero-order valence-electron chi connectivity index (χ0n) is 15.6. The smallest absolute Gasteiger partial charge is 0.256 e. The van der Waals surface area contributed by atoms with Gasteiger partial charge in [-0.1, -0.05) is 17.3 Å². The maximum absolute atomic E-state index is 14.3. The van der Waals surface area contributed by atoms with E-state index in [0.717, 1.165) is 10.6 Å². The van der Waals surface area contributed by atoms with E-state index < -0.39 is 11.7 Å². The van der Waals surface area contributed by atoms with Gasteiger partial charge in [0.15, 0.2) is 17.3 Å². The zero-order chi connectivity index (χ0) is 20.1. The van der Waals surface area contributed by atoms with Crippen LogP contribution in [0.5, 0.6) is 11.5 Å². The third kappa shape index (κ3) is 4.45. The lowest BCUT2D eigenvalue weighted by Gasteiger charge is -2.13. The summed E-state index contributed by atoms with van der Waals surface area (Å²) in [5.74, 6) is 0.759. The molecular weight excluding hydrogens is 383 g/mol. The van der Waals surface area contributed by atoms with E-state index >= 15 is 0 Å². The number of halogens is 1. The van der Waals surface area contributed by atoms with E-state index in [1.54, 1.807) is 12.1 Å². The molecule has 0 aliphatic heterocycles. The van der Waals surface area contributed by atoms with Crippen LogP contribution in [-0.4, -0.2) is 25.3 Å². The lowest BCUT2D eigenvalue weighted by Crippen LogP contribution is -2.14. The van der Waals surface area contributed by atoms with Gasteiger partial charge in [-0.3, -0.25) is 4.79 Å². The first-order chi connectivity index (χ1) is 13.5. The molecule has 6 nitrogen and oxygen atoms in total. The number of methoxy groups -OCH3 is 2. The second-order valence-corrected chi connectivity index (χ2v) is 6.88. The van der Waals surface area contributed by atoms with Crippen molar-refractivity contribution >= 4 is 23.4 Å². The maximum atomic E-state index is 14.3. The highest BCUT2D eigenvalue weighted by Gasteiger charge is 2.17. The van der Waals surface area contributed by atoms with Crippen LogP contribution in [0.2, 0.25) is 0 Å². The molecule has 0 atom stereocenters. The summed E-state index contributed by atoms with van der Waals surface area (Å²) < 4.78 is 29.8. The Balaban J connectivity index is 1.79.